The molecule has 0 fully saturated rings. The SMILES string of the molecule is Cc1ccc(CNC(=O)N[C@H](CCO)C(=O)O)s1. The molecule has 1 aromatic rings. The topological polar surface area (TPSA) is 98.7 Å². The summed E-state index contributed by atoms with van der Waals surface area (Å²) in [5, 5.41) is 22.3. The van der Waals surface area contributed by atoms with Crippen molar-refractivity contribution in [2.45, 2.75) is 25.9 Å². The number of thiophene rings is 1. The zero-order valence-corrected chi connectivity index (χ0v) is 10.8. The van der Waals surface area contributed by atoms with Crippen molar-refractivity contribution in [1.82, 2.24) is 10.6 Å². The summed E-state index contributed by atoms with van der Waals surface area (Å²) in [7, 11) is 0. The fourth-order valence-electron chi connectivity index (χ4n) is 1.34. The molecule has 4 N–H and O–H groups in total. The van der Waals surface area contributed by atoms with E-state index in [1.807, 2.05) is 19.1 Å². The molecule has 6 nitrogen and oxygen atoms in total. The van der Waals surface area contributed by atoms with Crippen molar-refractivity contribution >= 4 is 23.3 Å². The molecule has 0 unspecified atom stereocenters. The van der Waals surface area contributed by atoms with Crippen LogP contribution in [-0.2, 0) is 11.3 Å². The molecule has 18 heavy (non-hydrogen) atoms. The first-order valence-corrected chi connectivity index (χ1v) is 6.28. The van der Waals surface area contributed by atoms with E-state index in [0.29, 0.717) is 6.54 Å². The van der Waals surface area contributed by atoms with Gasteiger partial charge in [0.15, 0.2) is 0 Å². The first-order chi connectivity index (χ1) is 8.52. The number of carbonyl (C=O) groups excluding carboxylic acids is 1. The van der Waals surface area contributed by atoms with E-state index < -0.39 is 18.0 Å². The molecule has 100 valence electrons. The van der Waals surface area contributed by atoms with Crippen molar-refractivity contribution in [3.63, 3.8) is 0 Å². The number of carboxylic acids is 1. The van der Waals surface area contributed by atoms with E-state index in [1.165, 1.54) is 0 Å². The van der Waals surface area contributed by atoms with Gasteiger partial charge in [-0.3, -0.25) is 0 Å². The Morgan fingerprint density at radius 1 is 1.44 bits per heavy atom. The number of aliphatic carboxylic acids is 1. The highest BCUT2D eigenvalue weighted by atomic mass is 32.1. The number of rotatable bonds is 6. The number of aryl methyl sites for hydroxylation is 1. The van der Waals surface area contributed by atoms with Gasteiger partial charge in [-0.1, -0.05) is 0 Å². The second-order valence-electron chi connectivity index (χ2n) is 3.74. The summed E-state index contributed by atoms with van der Waals surface area (Å²) in [6.45, 7) is 2.03. The first kappa shape index (κ1) is 14.5. The largest absolute Gasteiger partial charge is 0.480 e. The Kier molecular flexibility index (Phi) is 5.60. The Bertz CT molecular complexity index is 419. The van der Waals surface area contributed by atoms with Crippen molar-refractivity contribution in [2.75, 3.05) is 6.61 Å². The quantitative estimate of drug-likeness (QED) is 0.612. The number of nitrogens with one attached hydrogen (secondary N) is 2. The summed E-state index contributed by atoms with van der Waals surface area (Å²) in [5.41, 5.74) is 0. The third kappa shape index (κ3) is 4.72. The molecule has 0 aliphatic heterocycles. The third-order valence-electron chi connectivity index (χ3n) is 2.24. The molecule has 0 saturated heterocycles. The lowest BCUT2D eigenvalue weighted by Crippen LogP contribution is -2.46. The van der Waals surface area contributed by atoms with Gasteiger partial charge in [-0.15, -0.1) is 11.3 Å². The molecular formula is C11H16N2O4S. The van der Waals surface area contributed by atoms with Gasteiger partial charge in [0, 0.05) is 22.8 Å². The summed E-state index contributed by atoms with van der Waals surface area (Å²) in [4.78, 5) is 24.3. The van der Waals surface area contributed by atoms with Crippen LogP contribution >= 0.6 is 11.3 Å². The normalized spacial score (nSPS) is 11.9. The highest BCUT2D eigenvalue weighted by Crippen LogP contribution is 2.14. The maximum absolute atomic E-state index is 11.5. The Labute approximate surface area is 109 Å². The van der Waals surface area contributed by atoms with Crippen molar-refractivity contribution in [2.24, 2.45) is 0 Å². The molecule has 1 heterocycles. The standard InChI is InChI=1S/C11H16N2O4S/c1-7-2-3-8(18-7)6-12-11(17)13-9(4-5-14)10(15)16/h2-3,9,14H,4-6H2,1H3,(H,15,16)(H2,12,13,17)/t9-/m1/s1. The maximum atomic E-state index is 11.5. The predicted octanol–water partition coefficient (Wildman–Crippen LogP) is 0.691. The molecular weight excluding hydrogens is 256 g/mol. The van der Waals surface area contributed by atoms with E-state index in [9.17, 15) is 9.59 Å². The summed E-state index contributed by atoms with van der Waals surface area (Å²) < 4.78 is 0. The number of hydrogen-bond donors (Lipinski definition) is 4. The minimum Gasteiger partial charge on any atom is -0.480 e. The monoisotopic (exact) mass is 272 g/mol. The van der Waals surface area contributed by atoms with Gasteiger partial charge in [0.1, 0.15) is 6.04 Å². The van der Waals surface area contributed by atoms with Gasteiger partial charge in [0.2, 0.25) is 0 Å². The van der Waals surface area contributed by atoms with Gasteiger partial charge in [-0.2, -0.15) is 0 Å². The van der Waals surface area contributed by atoms with Crippen LogP contribution in [-0.4, -0.2) is 34.9 Å². The maximum Gasteiger partial charge on any atom is 0.326 e. The molecule has 0 aliphatic rings. The minimum absolute atomic E-state index is 0.0130. The van der Waals surface area contributed by atoms with E-state index >= 15 is 0 Å². The van der Waals surface area contributed by atoms with Crippen LogP contribution in [0.2, 0.25) is 0 Å². The first-order valence-electron chi connectivity index (χ1n) is 5.46. The number of aliphatic hydroxyl groups excluding tert-OH is 1. The second-order valence-corrected chi connectivity index (χ2v) is 5.11. The molecule has 0 saturated carbocycles. The van der Waals surface area contributed by atoms with E-state index in [2.05, 4.69) is 10.6 Å². The molecule has 1 aromatic heterocycles. The zero-order chi connectivity index (χ0) is 13.5. The van der Waals surface area contributed by atoms with E-state index in [1.54, 1.807) is 11.3 Å². The predicted molar refractivity (Wildman–Crippen MR) is 67.6 cm³/mol. The molecule has 1 rings (SSSR count). The van der Waals surface area contributed by atoms with Crippen LogP contribution in [0.4, 0.5) is 4.79 Å². The number of carboxylic acid groups (broad SMARTS) is 1. The lowest BCUT2D eigenvalue weighted by molar-refractivity contribution is -0.139. The molecule has 0 aliphatic carbocycles. The number of amides is 2. The molecule has 1 atom stereocenters. The van der Waals surface area contributed by atoms with Crippen LogP contribution in [0.25, 0.3) is 0 Å². The van der Waals surface area contributed by atoms with E-state index in [0.717, 1.165) is 9.75 Å². The molecule has 0 aromatic carbocycles. The van der Waals surface area contributed by atoms with Crippen LogP contribution in [0.15, 0.2) is 12.1 Å². The van der Waals surface area contributed by atoms with Crippen molar-refractivity contribution in [3.05, 3.63) is 21.9 Å². The summed E-state index contributed by atoms with van der Waals surface area (Å²) in [5.74, 6) is -1.16. The molecule has 7 heteroatoms. The number of aliphatic hydroxyl groups is 1. The fraction of sp³-hybridized carbons (Fsp3) is 0.455. The van der Waals surface area contributed by atoms with Gasteiger partial charge >= 0.3 is 12.0 Å². The summed E-state index contributed by atoms with van der Waals surface area (Å²) >= 11 is 1.57. The lowest BCUT2D eigenvalue weighted by atomic mass is 10.2. The fourth-order valence-corrected chi connectivity index (χ4v) is 2.17. The second kappa shape index (κ2) is 6.97. The number of carbonyl (C=O) groups is 2. The molecule has 0 spiro atoms. The van der Waals surface area contributed by atoms with Gasteiger partial charge < -0.3 is 20.8 Å². The highest BCUT2D eigenvalue weighted by Gasteiger charge is 2.18. The Hall–Kier alpha value is -1.60. The molecule has 0 bridgehead atoms. The van der Waals surface area contributed by atoms with Crippen LogP contribution < -0.4 is 10.6 Å². The molecule has 0 radical (unpaired) electrons. The summed E-state index contributed by atoms with van der Waals surface area (Å²) in [6, 6.07) is 2.23. The molecule has 2 amide bonds. The van der Waals surface area contributed by atoms with Crippen LogP contribution in [0.3, 0.4) is 0 Å². The Morgan fingerprint density at radius 3 is 2.67 bits per heavy atom. The lowest BCUT2D eigenvalue weighted by Gasteiger charge is -2.13. The van der Waals surface area contributed by atoms with Crippen molar-refractivity contribution < 1.29 is 19.8 Å². The van der Waals surface area contributed by atoms with Gasteiger partial charge in [-0.25, -0.2) is 9.59 Å². The smallest absolute Gasteiger partial charge is 0.326 e. The van der Waals surface area contributed by atoms with Gasteiger partial charge in [-0.05, 0) is 19.1 Å². The van der Waals surface area contributed by atoms with Crippen LogP contribution in [0.5, 0.6) is 0 Å². The van der Waals surface area contributed by atoms with Crippen LogP contribution in [0, 0.1) is 6.92 Å². The van der Waals surface area contributed by atoms with E-state index in [-0.39, 0.29) is 13.0 Å². The van der Waals surface area contributed by atoms with Crippen molar-refractivity contribution in [3.8, 4) is 0 Å². The Balaban J connectivity index is 2.38. The number of urea groups is 1. The van der Waals surface area contributed by atoms with Crippen molar-refractivity contribution in [1.29, 1.82) is 0 Å². The van der Waals surface area contributed by atoms with Gasteiger partial charge in [0.05, 0.1) is 6.54 Å². The average molecular weight is 272 g/mol. The Morgan fingerprint density at radius 2 is 2.17 bits per heavy atom. The summed E-state index contributed by atoms with van der Waals surface area (Å²) in [6.07, 6.45) is -0.0130. The van der Waals surface area contributed by atoms with E-state index in [4.69, 9.17) is 10.2 Å². The number of hydrogen-bond acceptors (Lipinski definition) is 4. The highest BCUT2D eigenvalue weighted by molar-refractivity contribution is 7.11. The average Bonchev–Trinajstić information content (AvgIpc) is 2.72. The minimum atomic E-state index is -1.16. The van der Waals surface area contributed by atoms with Gasteiger partial charge in [0.25, 0.3) is 0 Å². The van der Waals surface area contributed by atoms with Crippen LogP contribution in [0.1, 0.15) is 16.2 Å². The third-order valence-corrected chi connectivity index (χ3v) is 3.24. The zero-order valence-electron chi connectivity index (χ0n) is 9.97.